The topological polar surface area (TPSA) is 72.9 Å². The van der Waals surface area contributed by atoms with Gasteiger partial charge < -0.3 is 15.3 Å². The van der Waals surface area contributed by atoms with Crippen molar-refractivity contribution in [1.29, 1.82) is 0 Å². The first-order valence-corrected chi connectivity index (χ1v) is 16.9. The molecular weight excluding hydrogens is 629 g/mol. The molecule has 0 saturated carbocycles. The number of nitrogens with zero attached hydrogens (tertiary/aromatic N) is 2. The molecule has 4 aromatic carbocycles. The summed E-state index contributed by atoms with van der Waals surface area (Å²) >= 11 is 13.2. The SMILES string of the molecule is CC(C)CCC1N(C(c2ccccc2)C(O)c2ccccc2)C(C(=O)N(C)C)C(c2cccc(Cl)c2)C12C(=O)Nc1cc(Cl)ccc12. The molecule has 8 heteroatoms. The van der Waals surface area contributed by atoms with Gasteiger partial charge in [-0.25, -0.2) is 0 Å². The van der Waals surface area contributed by atoms with Crippen LogP contribution in [0, 0.1) is 5.92 Å². The summed E-state index contributed by atoms with van der Waals surface area (Å²) in [5, 5.41) is 16.7. The third-order valence-corrected chi connectivity index (χ3v) is 10.4. The minimum atomic E-state index is -1.21. The van der Waals surface area contributed by atoms with Gasteiger partial charge in [-0.15, -0.1) is 0 Å². The maximum absolute atomic E-state index is 15.0. The standard InChI is InChI=1S/C39H41Cl2N3O3/c1-24(2)18-21-32-39(30-20-19-29(41)23-31(30)42-38(39)47)33(27-16-11-17-28(40)22-27)35(37(46)43(3)4)44(32)34(25-12-7-5-8-13-25)36(45)26-14-9-6-10-15-26/h5-17,19-20,22-24,32-36,45H,18,21H2,1-4H3,(H,42,47). The van der Waals surface area contributed by atoms with E-state index in [-0.39, 0.29) is 11.8 Å². The van der Waals surface area contributed by atoms with Crippen LogP contribution in [0.3, 0.4) is 0 Å². The summed E-state index contributed by atoms with van der Waals surface area (Å²) in [6, 6.07) is 30.4. The van der Waals surface area contributed by atoms with Crippen molar-refractivity contribution in [3.8, 4) is 0 Å². The maximum Gasteiger partial charge on any atom is 0.240 e. The van der Waals surface area contributed by atoms with E-state index >= 15 is 0 Å². The van der Waals surface area contributed by atoms with Gasteiger partial charge in [0.05, 0.1) is 18.2 Å². The van der Waals surface area contributed by atoms with Crippen LogP contribution in [-0.2, 0) is 15.0 Å². The van der Waals surface area contributed by atoms with Crippen molar-refractivity contribution in [1.82, 2.24) is 9.80 Å². The number of benzene rings is 4. The molecule has 2 heterocycles. The Morgan fingerprint density at radius 1 is 0.894 bits per heavy atom. The lowest BCUT2D eigenvalue weighted by atomic mass is 9.63. The van der Waals surface area contributed by atoms with E-state index in [1.807, 2.05) is 91.0 Å². The van der Waals surface area contributed by atoms with Gasteiger partial charge in [-0.2, -0.15) is 0 Å². The molecule has 0 aromatic heterocycles. The molecular formula is C39H41Cl2N3O3. The number of rotatable bonds is 9. The first-order chi connectivity index (χ1) is 22.5. The number of likely N-dealkylation sites (tertiary alicyclic amines) is 1. The molecule has 2 N–H and O–H groups in total. The van der Waals surface area contributed by atoms with E-state index < -0.39 is 35.6 Å². The Morgan fingerprint density at radius 2 is 1.53 bits per heavy atom. The molecule has 0 aliphatic carbocycles. The molecule has 2 amide bonds. The molecule has 4 aromatic rings. The van der Waals surface area contributed by atoms with Crippen molar-refractivity contribution in [2.45, 2.75) is 62.3 Å². The first-order valence-electron chi connectivity index (χ1n) is 16.2. The van der Waals surface area contributed by atoms with Gasteiger partial charge in [-0.3, -0.25) is 14.5 Å². The summed E-state index contributed by atoms with van der Waals surface area (Å²) in [6.45, 7) is 4.33. The molecule has 244 valence electrons. The van der Waals surface area contributed by atoms with E-state index in [1.54, 1.807) is 31.1 Å². The van der Waals surface area contributed by atoms with Gasteiger partial charge in [0, 0.05) is 41.8 Å². The lowest BCUT2D eigenvalue weighted by molar-refractivity contribution is -0.136. The molecule has 6 rings (SSSR count). The van der Waals surface area contributed by atoms with Crippen LogP contribution in [0.5, 0.6) is 0 Å². The zero-order valence-corrected chi connectivity index (χ0v) is 28.6. The number of amides is 2. The van der Waals surface area contributed by atoms with Crippen molar-refractivity contribution in [2.24, 2.45) is 5.92 Å². The summed E-state index contributed by atoms with van der Waals surface area (Å²) in [6.07, 6.45) is 0.390. The summed E-state index contributed by atoms with van der Waals surface area (Å²) in [7, 11) is 3.49. The molecule has 1 spiro atoms. The van der Waals surface area contributed by atoms with Gasteiger partial charge in [0.1, 0.15) is 5.41 Å². The summed E-state index contributed by atoms with van der Waals surface area (Å²) in [4.78, 5) is 33.6. The number of anilines is 1. The Bertz CT molecular complexity index is 1750. The van der Waals surface area contributed by atoms with Gasteiger partial charge in [0.2, 0.25) is 11.8 Å². The zero-order valence-electron chi connectivity index (χ0n) is 27.1. The molecule has 1 saturated heterocycles. The predicted octanol–water partition coefficient (Wildman–Crippen LogP) is 8.02. The van der Waals surface area contributed by atoms with Crippen molar-refractivity contribution in [3.05, 3.63) is 135 Å². The second kappa shape index (κ2) is 13.4. The van der Waals surface area contributed by atoms with E-state index in [1.165, 1.54) is 0 Å². The fraction of sp³-hybridized carbons (Fsp3) is 0.333. The van der Waals surface area contributed by atoms with Gasteiger partial charge in [-0.1, -0.05) is 116 Å². The predicted molar refractivity (Wildman–Crippen MR) is 189 cm³/mol. The number of carbonyl (C=O) groups excluding carboxylic acids is 2. The van der Waals surface area contributed by atoms with E-state index in [9.17, 15) is 14.7 Å². The minimum absolute atomic E-state index is 0.155. The van der Waals surface area contributed by atoms with Crippen molar-refractivity contribution >= 4 is 40.7 Å². The van der Waals surface area contributed by atoms with Gasteiger partial charge in [0.25, 0.3) is 0 Å². The number of aliphatic hydroxyl groups excluding tert-OH is 1. The summed E-state index contributed by atoms with van der Waals surface area (Å²) in [5.41, 5.74) is 2.59. The molecule has 2 aliphatic heterocycles. The quantitative estimate of drug-likeness (QED) is 0.189. The van der Waals surface area contributed by atoms with Crippen LogP contribution in [0.4, 0.5) is 5.69 Å². The average Bonchev–Trinajstić information content (AvgIpc) is 3.51. The highest BCUT2D eigenvalue weighted by Gasteiger charge is 2.69. The van der Waals surface area contributed by atoms with E-state index in [2.05, 4.69) is 24.1 Å². The van der Waals surface area contributed by atoms with Crippen LogP contribution >= 0.6 is 23.2 Å². The Labute approximate surface area is 287 Å². The number of nitrogens with one attached hydrogen (secondary N) is 1. The number of halogens is 2. The van der Waals surface area contributed by atoms with Crippen molar-refractivity contribution in [3.63, 3.8) is 0 Å². The second-order valence-corrected chi connectivity index (χ2v) is 14.2. The third-order valence-electron chi connectivity index (χ3n) is 9.89. The van der Waals surface area contributed by atoms with Crippen LogP contribution in [0.2, 0.25) is 10.0 Å². The molecule has 0 radical (unpaired) electrons. The molecule has 6 atom stereocenters. The van der Waals surface area contributed by atoms with Gasteiger partial charge >= 0.3 is 0 Å². The second-order valence-electron chi connectivity index (χ2n) is 13.4. The maximum atomic E-state index is 15.0. The number of fused-ring (bicyclic) bond motifs is 2. The first kappa shape index (κ1) is 33.2. The highest BCUT2D eigenvalue weighted by atomic mass is 35.5. The Kier molecular flexibility index (Phi) is 9.50. The molecule has 6 nitrogen and oxygen atoms in total. The highest BCUT2D eigenvalue weighted by Crippen LogP contribution is 2.62. The number of hydrogen-bond acceptors (Lipinski definition) is 4. The lowest BCUT2D eigenvalue weighted by Crippen LogP contribution is -2.51. The monoisotopic (exact) mass is 669 g/mol. The smallest absolute Gasteiger partial charge is 0.240 e. The van der Waals surface area contributed by atoms with E-state index in [0.29, 0.717) is 28.1 Å². The number of hydrogen-bond donors (Lipinski definition) is 2. The summed E-state index contributed by atoms with van der Waals surface area (Å²) < 4.78 is 0. The van der Waals surface area contributed by atoms with Gasteiger partial charge in [0.15, 0.2) is 0 Å². The van der Waals surface area contributed by atoms with Crippen LogP contribution in [0.1, 0.15) is 67.0 Å². The van der Waals surface area contributed by atoms with E-state index in [0.717, 1.165) is 28.7 Å². The van der Waals surface area contributed by atoms with E-state index in [4.69, 9.17) is 23.2 Å². The van der Waals surface area contributed by atoms with Crippen LogP contribution in [-0.4, -0.2) is 52.9 Å². The molecule has 47 heavy (non-hydrogen) atoms. The number of likely N-dealkylation sites (N-methyl/N-ethyl adjacent to an activating group) is 1. The minimum Gasteiger partial charge on any atom is -0.386 e. The molecule has 0 bridgehead atoms. The van der Waals surface area contributed by atoms with Crippen molar-refractivity contribution < 1.29 is 14.7 Å². The molecule has 2 aliphatic rings. The molecule has 1 fully saturated rings. The van der Waals surface area contributed by atoms with Gasteiger partial charge in [-0.05, 0) is 65.3 Å². The number of carbonyl (C=O) groups is 2. The Hall–Kier alpha value is -3.68. The fourth-order valence-electron chi connectivity index (χ4n) is 7.94. The Morgan fingerprint density at radius 3 is 2.15 bits per heavy atom. The van der Waals surface area contributed by atoms with Crippen molar-refractivity contribution in [2.75, 3.05) is 19.4 Å². The van der Waals surface area contributed by atoms with Crippen LogP contribution in [0.15, 0.2) is 103 Å². The number of aliphatic hydroxyl groups is 1. The van der Waals surface area contributed by atoms with Crippen LogP contribution in [0.25, 0.3) is 0 Å². The Balaban J connectivity index is 1.72. The average molecular weight is 671 g/mol. The fourth-order valence-corrected chi connectivity index (χ4v) is 8.31. The summed E-state index contributed by atoms with van der Waals surface area (Å²) in [5.74, 6) is -0.665. The van der Waals surface area contributed by atoms with Crippen LogP contribution < -0.4 is 5.32 Å². The largest absolute Gasteiger partial charge is 0.386 e. The molecule has 6 unspecified atom stereocenters. The highest BCUT2D eigenvalue weighted by molar-refractivity contribution is 6.31. The zero-order chi connectivity index (χ0) is 33.5. The third kappa shape index (κ3) is 5.86. The lowest BCUT2D eigenvalue weighted by Gasteiger charge is -2.42. The normalized spacial score (nSPS) is 23.5.